The van der Waals surface area contributed by atoms with Crippen molar-refractivity contribution < 1.29 is 9.59 Å². The standard InChI is InChI=1S/C9H15N3O2/c1-8(2)10-9(14)12-5-3-11(7-13)4-6-12/h7H,1,3-6H2,2H3,(H,10,14). The second kappa shape index (κ2) is 4.64. The zero-order valence-corrected chi connectivity index (χ0v) is 8.32. The fourth-order valence-corrected chi connectivity index (χ4v) is 1.29. The quantitative estimate of drug-likeness (QED) is 0.634. The van der Waals surface area contributed by atoms with Gasteiger partial charge < -0.3 is 15.1 Å². The van der Waals surface area contributed by atoms with E-state index in [1.807, 2.05) is 0 Å². The van der Waals surface area contributed by atoms with Crippen molar-refractivity contribution in [2.24, 2.45) is 0 Å². The second-order valence-electron chi connectivity index (χ2n) is 3.34. The molecule has 0 aromatic rings. The van der Waals surface area contributed by atoms with Gasteiger partial charge in [-0.15, -0.1) is 0 Å². The van der Waals surface area contributed by atoms with E-state index in [1.54, 1.807) is 16.7 Å². The largest absolute Gasteiger partial charge is 0.342 e. The summed E-state index contributed by atoms with van der Waals surface area (Å²) in [6.45, 7) is 7.70. The van der Waals surface area contributed by atoms with Crippen LogP contribution < -0.4 is 5.32 Å². The second-order valence-corrected chi connectivity index (χ2v) is 3.34. The Balaban J connectivity index is 2.37. The molecule has 78 valence electrons. The molecule has 0 aromatic heterocycles. The number of carbonyl (C=O) groups is 2. The molecule has 1 N–H and O–H groups in total. The molecular weight excluding hydrogens is 182 g/mol. The van der Waals surface area contributed by atoms with Crippen molar-refractivity contribution >= 4 is 12.4 Å². The van der Waals surface area contributed by atoms with E-state index >= 15 is 0 Å². The van der Waals surface area contributed by atoms with Gasteiger partial charge in [-0.1, -0.05) is 6.58 Å². The Morgan fingerprint density at radius 1 is 1.36 bits per heavy atom. The van der Waals surface area contributed by atoms with Crippen LogP contribution in [0.3, 0.4) is 0 Å². The van der Waals surface area contributed by atoms with Crippen LogP contribution in [-0.2, 0) is 4.79 Å². The Labute approximate surface area is 83.4 Å². The fourth-order valence-electron chi connectivity index (χ4n) is 1.29. The summed E-state index contributed by atoms with van der Waals surface area (Å²) in [5.74, 6) is 0. The van der Waals surface area contributed by atoms with E-state index in [4.69, 9.17) is 0 Å². The van der Waals surface area contributed by atoms with E-state index in [2.05, 4.69) is 11.9 Å². The molecule has 14 heavy (non-hydrogen) atoms. The molecule has 0 aromatic carbocycles. The molecule has 0 bridgehead atoms. The predicted molar refractivity (Wildman–Crippen MR) is 52.6 cm³/mol. The van der Waals surface area contributed by atoms with Gasteiger partial charge in [0.05, 0.1) is 0 Å². The number of nitrogens with one attached hydrogen (secondary N) is 1. The van der Waals surface area contributed by atoms with Crippen LogP contribution in [0.4, 0.5) is 4.79 Å². The number of urea groups is 1. The van der Waals surface area contributed by atoms with Gasteiger partial charge in [0, 0.05) is 31.9 Å². The summed E-state index contributed by atoms with van der Waals surface area (Å²) < 4.78 is 0. The summed E-state index contributed by atoms with van der Waals surface area (Å²) in [6.07, 6.45) is 0.813. The topological polar surface area (TPSA) is 52.7 Å². The Morgan fingerprint density at radius 2 is 1.93 bits per heavy atom. The van der Waals surface area contributed by atoms with Gasteiger partial charge in [0.2, 0.25) is 6.41 Å². The van der Waals surface area contributed by atoms with Crippen molar-refractivity contribution in [3.05, 3.63) is 12.3 Å². The van der Waals surface area contributed by atoms with Gasteiger partial charge >= 0.3 is 6.03 Å². The highest BCUT2D eigenvalue weighted by Crippen LogP contribution is 2.00. The van der Waals surface area contributed by atoms with Crippen molar-refractivity contribution in [2.45, 2.75) is 6.92 Å². The van der Waals surface area contributed by atoms with Crippen molar-refractivity contribution in [2.75, 3.05) is 26.2 Å². The lowest BCUT2D eigenvalue weighted by molar-refractivity contribution is -0.119. The summed E-state index contributed by atoms with van der Waals surface area (Å²) in [5, 5.41) is 2.63. The predicted octanol–water partition coefficient (Wildman–Crippen LogP) is 0.00360. The molecule has 0 spiro atoms. The van der Waals surface area contributed by atoms with Crippen LogP contribution >= 0.6 is 0 Å². The van der Waals surface area contributed by atoms with Crippen molar-refractivity contribution in [1.29, 1.82) is 0 Å². The van der Waals surface area contributed by atoms with E-state index in [0.717, 1.165) is 6.41 Å². The van der Waals surface area contributed by atoms with E-state index in [9.17, 15) is 9.59 Å². The summed E-state index contributed by atoms with van der Waals surface area (Å²) >= 11 is 0. The van der Waals surface area contributed by atoms with Gasteiger partial charge in [0.1, 0.15) is 0 Å². The van der Waals surface area contributed by atoms with Crippen LogP contribution in [0.15, 0.2) is 12.3 Å². The van der Waals surface area contributed by atoms with E-state index < -0.39 is 0 Å². The normalized spacial score (nSPS) is 16.4. The molecule has 1 aliphatic heterocycles. The highest BCUT2D eigenvalue weighted by Gasteiger charge is 2.19. The Kier molecular flexibility index (Phi) is 3.50. The summed E-state index contributed by atoms with van der Waals surface area (Å²) in [7, 11) is 0. The van der Waals surface area contributed by atoms with Crippen LogP contribution in [0.2, 0.25) is 0 Å². The lowest BCUT2D eigenvalue weighted by atomic mass is 10.3. The maximum Gasteiger partial charge on any atom is 0.321 e. The van der Waals surface area contributed by atoms with E-state index in [0.29, 0.717) is 31.9 Å². The highest BCUT2D eigenvalue weighted by molar-refractivity contribution is 5.76. The number of nitrogens with zero attached hydrogens (tertiary/aromatic N) is 2. The molecule has 0 aliphatic carbocycles. The minimum absolute atomic E-state index is 0.136. The molecular formula is C9H15N3O2. The first kappa shape index (κ1) is 10.6. The first-order valence-electron chi connectivity index (χ1n) is 4.54. The zero-order chi connectivity index (χ0) is 10.6. The molecule has 5 heteroatoms. The van der Waals surface area contributed by atoms with Gasteiger partial charge in [0.15, 0.2) is 0 Å². The van der Waals surface area contributed by atoms with Crippen LogP contribution in [0.1, 0.15) is 6.92 Å². The molecule has 3 amide bonds. The van der Waals surface area contributed by atoms with Crippen molar-refractivity contribution in [3.8, 4) is 0 Å². The maximum absolute atomic E-state index is 11.5. The van der Waals surface area contributed by atoms with Gasteiger partial charge in [0.25, 0.3) is 0 Å². The number of hydrogen-bond acceptors (Lipinski definition) is 2. The molecule has 0 unspecified atom stereocenters. The maximum atomic E-state index is 11.5. The summed E-state index contributed by atoms with van der Waals surface area (Å²) in [4.78, 5) is 25.2. The number of hydrogen-bond donors (Lipinski definition) is 1. The summed E-state index contributed by atoms with van der Waals surface area (Å²) in [6, 6.07) is -0.136. The lowest BCUT2D eigenvalue weighted by Crippen LogP contribution is -2.50. The molecule has 0 atom stereocenters. The number of allylic oxidation sites excluding steroid dienone is 1. The average Bonchev–Trinajstić information content (AvgIpc) is 2.17. The third kappa shape index (κ3) is 2.76. The summed E-state index contributed by atoms with van der Waals surface area (Å²) in [5.41, 5.74) is 0.632. The van der Waals surface area contributed by atoms with Gasteiger partial charge in [-0.05, 0) is 6.92 Å². The van der Waals surface area contributed by atoms with Gasteiger partial charge in [-0.3, -0.25) is 4.79 Å². The van der Waals surface area contributed by atoms with E-state index in [1.165, 1.54) is 0 Å². The van der Waals surface area contributed by atoms with Gasteiger partial charge in [-0.25, -0.2) is 4.79 Å². The monoisotopic (exact) mass is 197 g/mol. The molecule has 1 heterocycles. The van der Waals surface area contributed by atoms with Crippen LogP contribution in [0.25, 0.3) is 0 Å². The van der Waals surface area contributed by atoms with Crippen LogP contribution in [-0.4, -0.2) is 48.4 Å². The first-order chi connectivity index (χ1) is 6.63. The molecule has 1 aliphatic rings. The first-order valence-corrected chi connectivity index (χ1v) is 4.54. The highest BCUT2D eigenvalue weighted by atomic mass is 16.2. The minimum Gasteiger partial charge on any atom is -0.342 e. The van der Waals surface area contributed by atoms with Gasteiger partial charge in [-0.2, -0.15) is 0 Å². The van der Waals surface area contributed by atoms with Crippen LogP contribution in [0, 0.1) is 0 Å². The zero-order valence-electron chi connectivity index (χ0n) is 8.32. The molecule has 5 nitrogen and oxygen atoms in total. The molecule has 1 fully saturated rings. The molecule has 0 saturated carbocycles. The van der Waals surface area contributed by atoms with Crippen molar-refractivity contribution in [1.82, 2.24) is 15.1 Å². The minimum atomic E-state index is -0.136. The smallest absolute Gasteiger partial charge is 0.321 e. The Morgan fingerprint density at radius 3 is 2.36 bits per heavy atom. The SMILES string of the molecule is C=C(C)NC(=O)N1CCN(C=O)CC1. The fraction of sp³-hybridized carbons (Fsp3) is 0.556. The molecule has 0 radical (unpaired) electrons. The Hall–Kier alpha value is -1.52. The van der Waals surface area contributed by atoms with Crippen molar-refractivity contribution in [3.63, 3.8) is 0 Å². The third-order valence-corrected chi connectivity index (χ3v) is 2.07. The third-order valence-electron chi connectivity index (χ3n) is 2.07. The number of piperazine rings is 1. The molecule has 1 saturated heterocycles. The number of rotatable bonds is 2. The molecule has 1 rings (SSSR count). The van der Waals surface area contributed by atoms with E-state index in [-0.39, 0.29) is 6.03 Å². The van der Waals surface area contributed by atoms with Crippen LogP contribution in [0.5, 0.6) is 0 Å². The average molecular weight is 197 g/mol. The lowest BCUT2D eigenvalue weighted by Gasteiger charge is -2.32. The Bertz CT molecular complexity index is 244. The number of carbonyl (C=O) groups excluding carboxylic acids is 2. The number of amides is 3.